The Hall–Kier alpha value is -0.780. The van der Waals surface area contributed by atoms with Gasteiger partial charge in [-0.05, 0) is 59.0 Å². The van der Waals surface area contributed by atoms with Crippen molar-refractivity contribution in [3.63, 3.8) is 0 Å². The lowest BCUT2D eigenvalue weighted by molar-refractivity contribution is 0.0890. The van der Waals surface area contributed by atoms with E-state index in [1.165, 1.54) is 25.3 Å². The average Bonchev–Trinajstić information content (AvgIpc) is 2.27. The fraction of sp³-hybridized carbons (Fsp3) is 0.462. The van der Waals surface area contributed by atoms with Gasteiger partial charge in [0, 0.05) is 12.1 Å². The summed E-state index contributed by atoms with van der Waals surface area (Å²) < 4.78 is 0.755. The number of carbonyl (C=O) groups excluding carboxylic acids is 1. The Balaban J connectivity index is 1.97. The van der Waals surface area contributed by atoms with Crippen LogP contribution in [0.5, 0.6) is 5.75 Å². The number of hydrogen-bond donors (Lipinski definition) is 2. The first-order valence-corrected chi connectivity index (χ1v) is 6.85. The van der Waals surface area contributed by atoms with Crippen LogP contribution in [0.1, 0.15) is 36.5 Å². The van der Waals surface area contributed by atoms with Gasteiger partial charge in [0.2, 0.25) is 0 Å². The lowest BCUT2D eigenvalue weighted by Crippen LogP contribution is -2.39. The zero-order chi connectivity index (χ0) is 12.5. The Morgan fingerprint density at radius 1 is 1.53 bits per heavy atom. The van der Waals surface area contributed by atoms with Crippen LogP contribution >= 0.6 is 22.6 Å². The maximum atomic E-state index is 11.9. The van der Waals surface area contributed by atoms with Crippen LogP contribution in [0.3, 0.4) is 0 Å². The first-order chi connectivity index (χ1) is 8.00. The second-order valence-electron chi connectivity index (χ2n) is 5.01. The molecule has 0 unspecified atom stereocenters. The molecule has 17 heavy (non-hydrogen) atoms. The van der Waals surface area contributed by atoms with Crippen molar-refractivity contribution >= 4 is 28.5 Å². The molecule has 1 aromatic rings. The molecule has 1 aliphatic rings. The zero-order valence-electron chi connectivity index (χ0n) is 9.79. The van der Waals surface area contributed by atoms with Crippen LogP contribution < -0.4 is 5.32 Å². The molecule has 0 heterocycles. The van der Waals surface area contributed by atoms with E-state index < -0.39 is 0 Å². The van der Waals surface area contributed by atoms with Crippen LogP contribution in [0, 0.1) is 8.99 Å². The van der Waals surface area contributed by atoms with Gasteiger partial charge < -0.3 is 10.4 Å². The van der Waals surface area contributed by atoms with Gasteiger partial charge in [0.25, 0.3) is 5.91 Å². The van der Waals surface area contributed by atoms with Crippen LogP contribution in [0.25, 0.3) is 0 Å². The number of carbonyl (C=O) groups is 1. The van der Waals surface area contributed by atoms with Crippen LogP contribution in [0.4, 0.5) is 0 Å². The summed E-state index contributed by atoms with van der Waals surface area (Å²) in [6.45, 7) is 2.92. The Morgan fingerprint density at radius 3 is 2.76 bits per heavy atom. The topological polar surface area (TPSA) is 49.3 Å². The standard InChI is InChI=1S/C13H16INO2/c1-13(5-2-6-13)8-15-12(17)9-3-4-10(14)11(16)7-9/h3-4,7,16H,2,5-6,8H2,1H3,(H,15,17). The number of nitrogens with one attached hydrogen (secondary N) is 1. The van der Waals surface area contributed by atoms with Gasteiger partial charge in [-0.15, -0.1) is 0 Å². The van der Waals surface area contributed by atoms with E-state index in [1.54, 1.807) is 12.1 Å². The molecule has 1 aromatic carbocycles. The molecule has 0 radical (unpaired) electrons. The van der Waals surface area contributed by atoms with Gasteiger partial charge >= 0.3 is 0 Å². The number of amides is 1. The molecule has 0 bridgehead atoms. The summed E-state index contributed by atoms with van der Waals surface area (Å²) >= 11 is 2.03. The predicted octanol–water partition coefficient (Wildman–Crippen LogP) is 2.92. The van der Waals surface area contributed by atoms with Crippen LogP contribution in [-0.4, -0.2) is 17.6 Å². The van der Waals surface area contributed by atoms with Crippen molar-refractivity contribution in [1.82, 2.24) is 5.32 Å². The maximum Gasteiger partial charge on any atom is 0.251 e. The van der Waals surface area contributed by atoms with Crippen LogP contribution in [0.2, 0.25) is 0 Å². The first-order valence-electron chi connectivity index (χ1n) is 5.77. The first kappa shape index (κ1) is 12.7. The highest BCUT2D eigenvalue weighted by molar-refractivity contribution is 14.1. The third kappa shape index (κ3) is 2.91. The summed E-state index contributed by atoms with van der Waals surface area (Å²) in [6.07, 6.45) is 3.63. The number of hydrogen-bond acceptors (Lipinski definition) is 2. The van der Waals surface area contributed by atoms with E-state index >= 15 is 0 Å². The van der Waals surface area contributed by atoms with Gasteiger partial charge in [0.05, 0.1) is 3.57 Å². The molecule has 0 spiro atoms. The van der Waals surface area contributed by atoms with Gasteiger partial charge in [0.15, 0.2) is 0 Å². The molecule has 0 saturated heterocycles. The van der Waals surface area contributed by atoms with E-state index in [1.807, 2.05) is 22.6 Å². The summed E-state index contributed by atoms with van der Waals surface area (Å²) in [7, 11) is 0. The fourth-order valence-corrected chi connectivity index (χ4v) is 2.34. The van der Waals surface area contributed by atoms with E-state index in [-0.39, 0.29) is 17.1 Å². The molecule has 92 valence electrons. The molecule has 0 aliphatic heterocycles. The minimum Gasteiger partial charge on any atom is -0.507 e. The minimum atomic E-state index is -0.107. The van der Waals surface area contributed by atoms with Crippen molar-refractivity contribution in [3.8, 4) is 5.75 Å². The Morgan fingerprint density at radius 2 is 2.24 bits per heavy atom. The van der Waals surface area contributed by atoms with Crippen LogP contribution in [0.15, 0.2) is 18.2 Å². The van der Waals surface area contributed by atoms with E-state index in [2.05, 4.69) is 12.2 Å². The van der Waals surface area contributed by atoms with Crippen molar-refractivity contribution in [2.24, 2.45) is 5.41 Å². The average molecular weight is 345 g/mol. The largest absolute Gasteiger partial charge is 0.507 e. The SMILES string of the molecule is CC1(CNC(=O)c2ccc(I)c(O)c2)CCC1. The van der Waals surface area contributed by atoms with E-state index in [0.717, 1.165) is 10.1 Å². The molecule has 1 aliphatic carbocycles. The lowest BCUT2D eigenvalue weighted by Gasteiger charge is -2.38. The molecule has 0 aromatic heterocycles. The number of phenols is 1. The quantitative estimate of drug-likeness (QED) is 0.828. The van der Waals surface area contributed by atoms with E-state index in [4.69, 9.17) is 0 Å². The van der Waals surface area contributed by atoms with Gasteiger partial charge in [0.1, 0.15) is 5.75 Å². The summed E-state index contributed by atoms with van der Waals surface area (Å²) in [6, 6.07) is 5.00. The fourth-order valence-electron chi connectivity index (χ4n) is 2.01. The maximum absolute atomic E-state index is 11.9. The third-order valence-electron chi connectivity index (χ3n) is 3.44. The molecule has 2 rings (SSSR count). The second kappa shape index (κ2) is 4.84. The van der Waals surface area contributed by atoms with Gasteiger partial charge in [-0.2, -0.15) is 0 Å². The Kier molecular flexibility index (Phi) is 3.61. The smallest absolute Gasteiger partial charge is 0.251 e. The highest BCUT2D eigenvalue weighted by atomic mass is 127. The van der Waals surface area contributed by atoms with Crippen LogP contribution in [-0.2, 0) is 0 Å². The lowest BCUT2D eigenvalue weighted by atomic mass is 9.70. The van der Waals surface area contributed by atoms with Crippen molar-refractivity contribution in [2.75, 3.05) is 6.54 Å². The monoisotopic (exact) mass is 345 g/mol. The van der Waals surface area contributed by atoms with Crippen molar-refractivity contribution in [2.45, 2.75) is 26.2 Å². The van der Waals surface area contributed by atoms with Gasteiger partial charge in [-0.3, -0.25) is 4.79 Å². The third-order valence-corrected chi connectivity index (χ3v) is 4.36. The van der Waals surface area contributed by atoms with Gasteiger partial charge in [-0.1, -0.05) is 13.3 Å². The molecule has 4 heteroatoms. The highest BCUT2D eigenvalue weighted by Gasteiger charge is 2.31. The highest BCUT2D eigenvalue weighted by Crippen LogP contribution is 2.39. The molecule has 1 fully saturated rings. The number of halogens is 1. The normalized spacial score (nSPS) is 17.3. The minimum absolute atomic E-state index is 0.107. The van der Waals surface area contributed by atoms with Crippen molar-refractivity contribution in [3.05, 3.63) is 27.3 Å². The Bertz CT molecular complexity index is 441. The molecule has 3 nitrogen and oxygen atoms in total. The second-order valence-corrected chi connectivity index (χ2v) is 6.18. The molecule has 0 atom stereocenters. The van der Waals surface area contributed by atoms with Gasteiger partial charge in [-0.25, -0.2) is 0 Å². The summed E-state index contributed by atoms with van der Waals surface area (Å²) in [5, 5.41) is 12.5. The summed E-state index contributed by atoms with van der Waals surface area (Å²) in [4.78, 5) is 11.9. The van der Waals surface area contributed by atoms with Crippen molar-refractivity contribution in [1.29, 1.82) is 0 Å². The molecular weight excluding hydrogens is 329 g/mol. The summed E-state index contributed by atoms with van der Waals surface area (Å²) in [5.74, 6) is 0.0536. The molecular formula is C13H16INO2. The molecule has 1 amide bonds. The predicted molar refractivity (Wildman–Crippen MR) is 75.1 cm³/mol. The Labute approximate surface area is 115 Å². The summed E-state index contributed by atoms with van der Waals surface area (Å²) in [5.41, 5.74) is 0.798. The molecule has 2 N–H and O–H groups in total. The van der Waals surface area contributed by atoms with E-state index in [0.29, 0.717) is 5.56 Å². The van der Waals surface area contributed by atoms with E-state index in [9.17, 15) is 9.90 Å². The van der Waals surface area contributed by atoms with Crippen molar-refractivity contribution < 1.29 is 9.90 Å². The number of benzene rings is 1. The zero-order valence-corrected chi connectivity index (χ0v) is 12.0. The number of phenolic OH excluding ortho intramolecular Hbond substituents is 1. The molecule has 1 saturated carbocycles. The number of rotatable bonds is 3. The number of aromatic hydroxyl groups is 1.